The number of H-pyrrole nitrogens is 1. The molecule has 0 aliphatic carbocycles. The summed E-state index contributed by atoms with van der Waals surface area (Å²) in [5.74, 6) is -1.23. The number of allylic oxidation sites excluding steroid dienone is 1. The Bertz CT molecular complexity index is 1120. The van der Waals surface area contributed by atoms with Crippen LogP contribution in [0.25, 0.3) is 11.3 Å². The van der Waals surface area contributed by atoms with Crippen molar-refractivity contribution in [2.75, 3.05) is 0 Å². The fourth-order valence-corrected chi connectivity index (χ4v) is 4.61. The Hall–Kier alpha value is -2.82. The number of nitrogens with one attached hydrogen (secondary N) is 1. The first-order valence-electron chi connectivity index (χ1n) is 8.09. The fraction of sp³-hybridized carbons (Fsp3) is 0.158. The summed E-state index contributed by atoms with van der Waals surface area (Å²) in [4.78, 5) is 2.19. The number of hydrogen-bond donors (Lipinski definition) is 2. The topological polar surface area (TPSA) is 87.7 Å². The van der Waals surface area contributed by atoms with Crippen molar-refractivity contribution in [1.82, 2.24) is 10.2 Å². The maximum Gasteiger partial charge on any atom is 0.244 e. The van der Waals surface area contributed by atoms with Gasteiger partial charge in [0.25, 0.3) is 0 Å². The molecule has 27 heavy (non-hydrogen) atoms. The first kappa shape index (κ1) is 17.6. The molecule has 0 radical (unpaired) electrons. The molecule has 3 N–H and O–H groups in total. The molecule has 4 rings (SSSR count). The number of aryl methyl sites for hydroxylation is 2. The molecule has 0 bridgehead atoms. The van der Waals surface area contributed by atoms with Crippen molar-refractivity contribution in [2.45, 2.75) is 19.8 Å². The normalized spacial score (nSPS) is 16.0. The van der Waals surface area contributed by atoms with Gasteiger partial charge in [-0.3, -0.25) is 5.10 Å². The minimum Gasteiger partial charge on any atom is -0.420 e. The molecule has 0 saturated carbocycles. The van der Waals surface area contributed by atoms with Gasteiger partial charge in [0, 0.05) is 25.9 Å². The molecule has 2 aromatic heterocycles. The lowest BCUT2D eigenvalue weighted by atomic mass is 9.82. The van der Waals surface area contributed by atoms with E-state index in [4.69, 9.17) is 22.1 Å². The van der Waals surface area contributed by atoms with E-state index < -0.39 is 11.7 Å². The Morgan fingerprint density at radius 3 is 2.78 bits per heavy atom. The number of nitrogens with two attached hydrogens (primary N) is 1. The highest BCUT2D eigenvalue weighted by atomic mass is 35.5. The Kier molecular flexibility index (Phi) is 4.17. The van der Waals surface area contributed by atoms with E-state index in [0.29, 0.717) is 11.3 Å². The van der Waals surface area contributed by atoms with Crippen molar-refractivity contribution in [2.24, 2.45) is 5.73 Å². The van der Waals surface area contributed by atoms with Gasteiger partial charge in [-0.1, -0.05) is 17.7 Å². The Labute approximate surface area is 163 Å². The van der Waals surface area contributed by atoms with Crippen molar-refractivity contribution >= 4 is 22.9 Å². The van der Waals surface area contributed by atoms with Crippen LogP contribution < -0.4 is 10.5 Å². The molecular weight excluding hydrogens is 387 g/mol. The van der Waals surface area contributed by atoms with Gasteiger partial charge < -0.3 is 10.5 Å². The zero-order valence-corrected chi connectivity index (χ0v) is 16.0. The third kappa shape index (κ3) is 2.69. The van der Waals surface area contributed by atoms with Crippen molar-refractivity contribution in [3.05, 3.63) is 67.4 Å². The molecule has 0 spiro atoms. The second-order valence-corrected chi connectivity index (χ2v) is 8.07. The quantitative estimate of drug-likeness (QED) is 0.648. The Morgan fingerprint density at radius 1 is 1.37 bits per heavy atom. The van der Waals surface area contributed by atoms with E-state index in [1.165, 1.54) is 12.1 Å². The lowest BCUT2D eigenvalue weighted by Gasteiger charge is -2.25. The molecule has 1 aromatic carbocycles. The number of fused-ring (bicyclic) bond motifs is 1. The maximum absolute atomic E-state index is 14.8. The highest BCUT2D eigenvalue weighted by Gasteiger charge is 2.38. The predicted molar refractivity (Wildman–Crippen MR) is 102 cm³/mol. The molecule has 0 amide bonds. The smallest absolute Gasteiger partial charge is 0.244 e. The summed E-state index contributed by atoms with van der Waals surface area (Å²) in [6.45, 7) is 3.99. The molecule has 3 heterocycles. The number of ether oxygens (including phenoxy) is 1. The fourth-order valence-electron chi connectivity index (χ4n) is 3.40. The molecule has 136 valence electrons. The molecule has 5 nitrogen and oxygen atoms in total. The minimum atomic E-state index is -0.819. The molecular formula is C19H14ClFN4OS. The number of rotatable bonds is 2. The summed E-state index contributed by atoms with van der Waals surface area (Å²) in [7, 11) is 0. The molecule has 1 aliphatic rings. The van der Waals surface area contributed by atoms with Crippen molar-refractivity contribution in [3.8, 4) is 23.2 Å². The van der Waals surface area contributed by atoms with E-state index in [0.717, 1.165) is 15.3 Å². The van der Waals surface area contributed by atoms with Crippen LogP contribution in [0.2, 0.25) is 5.02 Å². The highest BCUT2D eigenvalue weighted by Crippen LogP contribution is 2.48. The number of aromatic amines is 1. The van der Waals surface area contributed by atoms with Crippen molar-refractivity contribution in [3.63, 3.8) is 0 Å². The number of nitriles is 1. The number of halogens is 2. The van der Waals surface area contributed by atoms with Crippen LogP contribution in [0.3, 0.4) is 0 Å². The third-order valence-electron chi connectivity index (χ3n) is 4.54. The number of benzene rings is 1. The van der Waals surface area contributed by atoms with Gasteiger partial charge in [-0.05, 0) is 32.0 Å². The summed E-state index contributed by atoms with van der Waals surface area (Å²) in [5, 5.41) is 17.1. The van der Waals surface area contributed by atoms with Gasteiger partial charge in [-0.2, -0.15) is 5.26 Å². The molecule has 0 saturated heterocycles. The van der Waals surface area contributed by atoms with Gasteiger partial charge in [0.2, 0.25) is 11.8 Å². The zero-order chi connectivity index (χ0) is 19.3. The highest BCUT2D eigenvalue weighted by molar-refractivity contribution is 7.12. The average molecular weight is 401 g/mol. The number of thiophene rings is 1. The maximum atomic E-state index is 14.8. The van der Waals surface area contributed by atoms with Crippen molar-refractivity contribution < 1.29 is 9.13 Å². The SMILES string of the molecule is Cc1cc(-c2[nH]nc3c2[C@@H](c2c(F)cccc2Cl)C(C#N)=C(N)O3)c(C)s1. The monoisotopic (exact) mass is 400 g/mol. The molecule has 0 unspecified atom stereocenters. The van der Waals surface area contributed by atoms with Crippen molar-refractivity contribution in [1.29, 1.82) is 5.26 Å². The Balaban J connectivity index is 2.04. The lowest BCUT2D eigenvalue weighted by Crippen LogP contribution is -2.21. The van der Waals surface area contributed by atoms with Gasteiger partial charge in [0.05, 0.1) is 17.2 Å². The van der Waals surface area contributed by atoms with Gasteiger partial charge in [0.15, 0.2) is 0 Å². The van der Waals surface area contributed by atoms with E-state index in [-0.39, 0.29) is 27.9 Å². The van der Waals surface area contributed by atoms with Crippen LogP contribution in [0.15, 0.2) is 35.7 Å². The van der Waals surface area contributed by atoms with E-state index in [1.807, 2.05) is 19.9 Å². The van der Waals surface area contributed by atoms with E-state index in [9.17, 15) is 9.65 Å². The van der Waals surface area contributed by atoms with Gasteiger partial charge in [-0.25, -0.2) is 4.39 Å². The first-order chi connectivity index (χ1) is 12.9. The average Bonchev–Trinajstić information content (AvgIpc) is 3.16. The second kappa shape index (κ2) is 6.41. The number of aromatic nitrogens is 2. The predicted octanol–water partition coefficient (Wildman–Crippen LogP) is 4.77. The minimum absolute atomic E-state index is 0.0988. The largest absolute Gasteiger partial charge is 0.420 e. The van der Waals surface area contributed by atoms with Crippen LogP contribution in [0.1, 0.15) is 26.8 Å². The lowest BCUT2D eigenvalue weighted by molar-refractivity contribution is 0.378. The summed E-state index contributed by atoms with van der Waals surface area (Å²) in [5.41, 5.74) is 8.34. The van der Waals surface area contributed by atoms with Crippen LogP contribution >= 0.6 is 22.9 Å². The zero-order valence-electron chi connectivity index (χ0n) is 14.4. The Morgan fingerprint density at radius 2 is 2.15 bits per heavy atom. The van der Waals surface area contributed by atoms with Crippen LogP contribution in [-0.4, -0.2) is 10.2 Å². The van der Waals surface area contributed by atoms with Crippen LogP contribution in [0, 0.1) is 31.0 Å². The molecule has 1 aliphatic heterocycles. The molecule has 3 aromatic rings. The van der Waals surface area contributed by atoms with E-state index >= 15 is 0 Å². The van der Waals surface area contributed by atoms with Gasteiger partial charge in [-0.15, -0.1) is 16.4 Å². The first-order valence-corrected chi connectivity index (χ1v) is 9.29. The van der Waals surface area contributed by atoms with Gasteiger partial charge in [0.1, 0.15) is 17.5 Å². The van der Waals surface area contributed by atoms with Gasteiger partial charge >= 0.3 is 0 Å². The van der Waals surface area contributed by atoms with E-state index in [1.54, 1.807) is 17.4 Å². The second-order valence-electron chi connectivity index (χ2n) is 6.20. The summed E-state index contributed by atoms with van der Waals surface area (Å²) in [6.07, 6.45) is 0. The number of hydrogen-bond acceptors (Lipinski definition) is 5. The van der Waals surface area contributed by atoms with E-state index in [2.05, 4.69) is 16.3 Å². The number of nitrogens with zero attached hydrogens (tertiary/aromatic N) is 2. The van der Waals surface area contributed by atoms with Crippen LogP contribution in [-0.2, 0) is 0 Å². The summed E-state index contributed by atoms with van der Waals surface area (Å²) < 4.78 is 20.3. The molecule has 1 atom stereocenters. The third-order valence-corrected chi connectivity index (χ3v) is 5.83. The van der Waals surface area contributed by atoms with Crippen LogP contribution in [0.4, 0.5) is 4.39 Å². The standard InChI is InChI=1S/C19H14ClFN4OS/c1-8-6-10(9(2)27-8)17-16-14(15-12(20)4-3-5-13(15)21)11(7-22)18(23)26-19(16)25-24-17/h3-6,14H,23H2,1-2H3,(H,24,25)/t14-/m1/s1. The molecule has 8 heteroatoms. The molecule has 0 fully saturated rings. The van der Waals surface area contributed by atoms with Crippen LogP contribution in [0.5, 0.6) is 5.88 Å². The summed E-state index contributed by atoms with van der Waals surface area (Å²) >= 11 is 7.96. The summed E-state index contributed by atoms with van der Waals surface area (Å²) in [6, 6.07) is 8.47.